The molecular formula is C16H22N2O4. The maximum atomic E-state index is 11.7. The van der Waals surface area contributed by atoms with Crippen LogP contribution in [0.3, 0.4) is 0 Å². The van der Waals surface area contributed by atoms with Crippen LogP contribution in [0.4, 0.5) is 4.79 Å². The minimum atomic E-state index is -0.983. The van der Waals surface area contributed by atoms with Crippen LogP contribution in [0.15, 0.2) is 30.3 Å². The van der Waals surface area contributed by atoms with E-state index in [0.29, 0.717) is 13.0 Å². The molecule has 1 N–H and O–H groups in total. The van der Waals surface area contributed by atoms with Gasteiger partial charge in [-0.05, 0) is 25.5 Å². The van der Waals surface area contributed by atoms with E-state index in [1.54, 1.807) is 0 Å². The van der Waals surface area contributed by atoms with E-state index in [1.807, 2.05) is 25.2 Å². The molecular weight excluding hydrogens is 284 g/mol. The highest BCUT2D eigenvalue weighted by Gasteiger charge is 2.38. The number of carboxylic acid groups (broad SMARTS) is 1. The van der Waals surface area contributed by atoms with Crippen LogP contribution in [0, 0.1) is 0 Å². The molecule has 6 nitrogen and oxygen atoms in total. The van der Waals surface area contributed by atoms with Crippen LogP contribution < -0.4 is 0 Å². The zero-order valence-electron chi connectivity index (χ0n) is 12.9. The smallest absolute Gasteiger partial charge is 0.410 e. The van der Waals surface area contributed by atoms with Crippen LogP contribution >= 0.6 is 0 Å². The number of nitrogens with zero attached hydrogens (tertiary/aromatic N) is 2. The number of benzene rings is 1. The van der Waals surface area contributed by atoms with Crippen molar-refractivity contribution in [2.24, 2.45) is 0 Å². The fourth-order valence-corrected chi connectivity index (χ4v) is 2.92. The van der Waals surface area contributed by atoms with Gasteiger partial charge in [-0.2, -0.15) is 0 Å². The summed E-state index contributed by atoms with van der Waals surface area (Å²) in [6.07, 6.45) is 0.576. The molecule has 2 atom stereocenters. The SMILES string of the molecule is COC(=O)N1CCC(N(C)Cc2ccccc2)CC1C(=O)O. The molecule has 0 aromatic heterocycles. The van der Waals surface area contributed by atoms with Gasteiger partial charge in [0.2, 0.25) is 0 Å². The van der Waals surface area contributed by atoms with Gasteiger partial charge in [-0.3, -0.25) is 9.80 Å². The largest absolute Gasteiger partial charge is 0.480 e. The molecule has 1 aliphatic heterocycles. The molecule has 2 rings (SSSR count). The van der Waals surface area contributed by atoms with Gasteiger partial charge in [0.1, 0.15) is 6.04 Å². The number of amides is 1. The summed E-state index contributed by atoms with van der Waals surface area (Å²) in [5.41, 5.74) is 1.19. The van der Waals surface area contributed by atoms with Crippen LogP contribution in [-0.2, 0) is 16.1 Å². The molecule has 0 bridgehead atoms. The Labute approximate surface area is 130 Å². The fourth-order valence-electron chi connectivity index (χ4n) is 2.92. The standard InChI is InChI=1S/C16H22N2O4/c1-17(11-12-6-4-3-5-7-12)13-8-9-18(16(21)22-2)14(10-13)15(19)20/h3-7,13-14H,8-11H2,1-2H3,(H,19,20). The van der Waals surface area contributed by atoms with E-state index in [0.717, 1.165) is 13.0 Å². The first-order valence-corrected chi connectivity index (χ1v) is 7.34. The highest BCUT2D eigenvalue weighted by atomic mass is 16.5. The Hall–Kier alpha value is -2.08. The van der Waals surface area contributed by atoms with Crippen LogP contribution in [0.5, 0.6) is 0 Å². The highest BCUT2D eigenvalue weighted by Crippen LogP contribution is 2.23. The maximum absolute atomic E-state index is 11.7. The molecule has 0 radical (unpaired) electrons. The van der Waals surface area contributed by atoms with E-state index >= 15 is 0 Å². The second-order valence-corrected chi connectivity index (χ2v) is 5.60. The Kier molecular flexibility index (Phi) is 5.38. The third-order valence-electron chi connectivity index (χ3n) is 4.17. The molecule has 1 heterocycles. The summed E-state index contributed by atoms with van der Waals surface area (Å²) >= 11 is 0. The van der Waals surface area contributed by atoms with Crippen molar-refractivity contribution in [3.8, 4) is 0 Å². The number of aliphatic carboxylic acids is 1. The summed E-state index contributed by atoms with van der Waals surface area (Å²) in [4.78, 5) is 26.6. The highest BCUT2D eigenvalue weighted by molar-refractivity contribution is 5.80. The molecule has 0 spiro atoms. The van der Waals surface area contributed by atoms with Crippen molar-refractivity contribution >= 4 is 12.1 Å². The molecule has 1 aliphatic rings. The Bertz CT molecular complexity index is 520. The van der Waals surface area contributed by atoms with Gasteiger partial charge in [0.15, 0.2) is 0 Å². The number of piperidine rings is 1. The van der Waals surface area contributed by atoms with Gasteiger partial charge in [0.05, 0.1) is 7.11 Å². The minimum Gasteiger partial charge on any atom is -0.480 e. The lowest BCUT2D eigenvalue weighted by Gasteiger charge is -2.39. The van der Waals surface area contributed by atoms with E-state index in [2.05, 4.69) is 21.8 Å². The van der Waals surface area contributed by atoms with E-state index in [1.165, 1.54) is 17.6 Å². The lowest BCUT2D eigenvalue weighted by Crippen LogP contribution is -2.54. The first-order valence-electron chi connectivity index (χ1n) is 7.34. The van der Waals surface area contributed by atoms with Gasteiger partial charge in [0, 0.05) is 19.1 Å². The van der Waals surface area contributed by atoms with Crippen molar-refractivity contribution in [1.82, 2.24) is 9.80 Å². The molecule has 6 heteroatoms. The van der Waals surface area contributed by atoms with Crippen molar-refractivity contribution in [1.29, 1.82) is 0 Å². The molecule has 1 amide bonds. The number of likely N-dealkylation sites (tertiary alicyclic amines) is 1. The van der Waals surface area contributed by atoms with Gasteiger partial charge in [-0.25, -0.2) is 9.59 Å². The van der Waals surface area contributed by atoms with Crippen molar-refractivity contribution in [2.75, 3.05) is 20.7 Å². The first-order chi connectivity index (χ1) is 10.5. The summed E-state index contributed by atoms with van der Waals surface area (Å²) in [6.45, 7) is 1.16. The van der Waals surface area contributed by atoms with Crippen LogP contribution in [0.2, 0.25) is 0 Å². The summed E-state index contributed by atoms with van der Waals surface area (Å²) < 4.78 is 4.67. The Balaban J connectivity index is 2.02. The molecule has 1 saturated heterocycles. The molecule has 1 fully saturated rings. The predicted molar refractivity (Wildman–Crippen MR) is 81.5 cm³/mol. The molecule has 1 aromatic carbocycles. The van der Waals surface area contributed by atoms with Crippen LogP contribution in [-0.4, -0.2) is 59.8 Å². The van der Waals surface area contributed by atoms with Gasteiger partial charge < -0.3 is 9.84 Å². The number of methoxy groups -OCH3 is 1. The van der Waals surface area contributed by atoms with Crippen LogP contribution in [0.25, 0.3) is 0 Å². The molecule has 0 aliphatic carbocycles. The van der Waals surface area contributed by atoms with Gasteiger partial charge in [-0.15, -0.1) is 0 Å². The van der Waals surface area contributed by atoms with E-state index in [-0.39, 0.29) is 6.04 Å². The first kappa shape index (κ1) is 16.3. The van der Waals surface area contributed by atoms with Crippen molar-refractivity contribution in [3.05, 3.63) is 35.9 Å². The summed E-state index contributed by atoms with van der Waals surface area (Å²) in [5.74, 6) is -0.983. The zero-order chi connectivity index (χ0) is 16.1. The zero-order valence-corrected chi connectivity index (χ0v) is 12.9. The Morgan fingerprint density at radius 2 is 2.05 bits per heavy atom. The number of hydrogen-bond donors (Lipinski definition) is 1. The van der Waals surface area contributed by atoms with Crippen molar-refractivity contribution in [2.45, 2.75) is 31.5 Å². The normalized spacial score (nSPS) is 21.7. The second-order valence-electron chi connectivity index (χ2n) is 5.60. The molecule has 2 unspecified atom stereocenters. The number of rotatable bonds is 4. The second kappa shape index (κ2) is 7.26. The summed E-state index contributed by atoms with van der Waals surface area (Å²) in [6, 6.07) is 9.35. The Morgan fingerprint density at radius 1 is 1.36 bits per heavy atom. The predicted octanol–water partition coefficient (Wildman–Crippen LogP) is 1.80. The third-order valence-corrected chi connectivity index (χ3v) is 4.17. The minimum absolute atomic E-state index is 0.127. The molecule has 22 heavy (non-hydrogen) atoms. The number of carbonyl (C=O) groups is 2. The number of carbonyl (C=O) groups excluding carboxylic acids is 1. The van der Waals surface area contributed by atoms with Crippen LogP contribution in [0.1, 0.15) is 18.4 Å². The lowest BCUT2D eigenvalue weighted by molar-refractivity contribution is -0.144. The quantitative estimate of drug-likeness (QED) is 0.918. The summed E-state index contributed by atoms with van der Waals surface area (Å²) in [7, 11) is 3.26. The summed E-state index contributed by atoms with van der Waals surface area (Å²) in [5, 5.41) is 9.37. The average molecular weight is 306 g/mol. The van der Waals surface area contributed by atoms with E-state index in [4.69, 9.17) is 0 Å². The Morgan fingerprint density at radius 3 is 2.64 bits per heavy atom. The molecule has 0 saturated carbocycles. The third kappa shape index (κ3) is 3.76. The van der Waals surface area contributed by atoms with Gasteiger partial charge in [-0.1, -0.05) is 30.3 Å². The van der Waals surface area contributed by atoms with Crippen molar-refractivity contribution < 1.29 is 19.4 Å². The number of ether oxygens (including phenoxy) is 1. The lowest BCUT2D eigenvalue weighted by atomic mass is 9.96. The number of carboxylic acids is 1. The molecule has 120 valence electrons. The van der Waals surface area contributed by atoms with Gasteiger partial charge >= 0.3 is 12.1 Å². The van der Waals surface area contributed by atoms with E-state index < -0.39 is 18.1 Å². The maximum Gasteiger partial charge on any atom is 0.410 e. The van der Waals surface area contributed by atoms with E-state index in [9.17, 15) is 14.7 Å². The number of hydrogen-bond acceptors (Lipinski definition) is 4. The monoisotopic (exact) mass is 306 g/mol. The van der Waals surface area contributed by atoms with Gasteiger partial charge in [0.25, 0.3) is 0 Å². The van der Waals surface area contributed by atoms with Crippen molar-refractivity contribution in [3.63, 3.8) is 0 Å². The average Bonchev–Trinajstić information content (AvgIpc) is 2.54. The molecule has 1 aromatic rings. The fraction of sp³-hybridized carbons (Fsp3) is 0.500. The topological polar surface area (TPSA) is 70.1 Å².